The average molecular weight is 239 g/mol. The first kappa shape index (κ1) is 16.1. The zero-order valence-corrected chi connectivity index (χ0v) is 7.65. The number of carbonyl (C=O) groups is 4. The van der Waals surface area contributed by atoms with Crippen LogP contribution in [0.25, 0.3) is 0 Å². The molecule has 7 N–H and O–H groups in total. The van der Waals surface area contributed by atoms with Crippen LogP contribution in [-0.2, 0) is 14.4 Å². The quantitative estimate of drug-likeness (QED) is 0.311. The lowest BCUT2D eigenvalue weighted by molar-refractivity contribution is -0.174. The molecule has 0 aliphatic carbocycles. The minimum Gasteiger partial charge on any atom is -0.480 e. The molecule has 0 unspecified atom stereocenters. The molecule has 0 fully saturated rings. The van der Waals surface area contributed by atoms with E-state index in [2.05, 4.69) is 0 Å². The Morgan fingerprint density at radius 1 is 0.812 bits per heavy atom. The van der Waals surface area contributed by atoms with Crippen LogP contribution in [0.1, 0.15) is 0 Å². The largest absolute Gasteiger partial charge is 0.503 e. The zero-order valence-electron chi connectivity index (χ0n) is 7.65. The van der Waals surface area contributed by atoms with Crippen LogP contribution in [0.15, 0.2) is 0 Å². The number of carboxylic acid groups (broad SMARTS) is 5. The Kier molecular flexibility index (Phi) is 6.22. The van der Waals surface area contributed by atoms with Crippen LogP contribution < -0.4 is 5.73 Å². The van der Waals surface area contributed by atoms with Crippen molar-refractivity contribution in [3.8, 4) is 0 Å². The van der Waals surface area contributed by atoms with Crippen molar-refractivity contribution in [1.82, 2.24) is 0 Å². The Balaban J connectivity index is 0. The Hall–Kier alpha value is -2.36. The summed E-state index contributed by atoms with van der Waals surface area (Å²) < 4.78 is 0. The van der Waals surface area contributed by atoms with Crippen LogP contribution in [0.3, 0.4) is 0 Å². The molecule has 0 radical (unpaired) electrons. The maximum Gasteiger partial charge on any atom is 0.503 e. The summed E-state index contributed by atoms with van der Waals surface area (Å²) in [6.45, 7) is -0.993. The molecule has 0 aromatic heterocycles. The molecular weight excluding hydrogens is 230 g/mol. The zero-order chi connectivity index (χ0) is 13.5. The van der Waals surface area contributed by atoms with Crippen LogP contribution in [-0.4, -0.2) is 56.1 Å². The molecule has 16 heavy (non-hydrogen) atoms. The van der Waals surface area contributed by atoms with Crippen molar-refractivity contribution in [2.45, 2.75) is 0 Å². The Morgan fingerprint density at radius 3 is 1.00 bits per heavy atom. The molecule has 0 aromatic rings. The molecule has 0 saturated carbocycles. The van der Waals surface area contributed by atoms with Crippen molar-refractivity contribution >= 4 is 24.1 Å². The van der Waals surface area contributed by atoms with Crippen LogP contribution in [0.2, 0.25) is 0 Å². The molecule has 0 aliphatic heterocycles. The SMILES string of the molecule is NCC(C(=O)O)(C(=O)O)C(=O)O.O=C(O)O. The summed E-state index contributed by atoms with van der Waals surface area (Å²) in [5.74, 6) is -5.94. The van der Waals surface area contributed by atoms with Gasteiger partial charge in [-0.15, -0.1) is 0 Å². The molecule has 10 nitrogen and oxygen atoms in total. The molecule has 0 heterocycles. The van der Waals surface area contributed by atoms with Gasteiger partial charge in [-0.05, 0) is 0 Å². The van der Waals surface area contributed by atoms with E-state index < -0.39 is 36.0 Å². The van der Waals surface area contributed by atoms with E-state index in [4.69, 9.17) is 36.1 Å². The second-order valence-corrected chi connectivity index (χ2v) is 2.31. The van der Waals surface area contributed by atoms with Crippen LogP contribution >= 0.6 is 0 Å². The lowest BCUT2D eigenvalue weighted by Gasteiger charge is -2.16. The fourth-order valence-corrected chi connectivity index (χ4v) is 0.536. The Bertz CT molecular complexity index is 269. The van der Waals surface area contributed by atoms with Crippen molar-refractivity contribution in [2.75, 3.05) is 6.54 Å². The first-order valence-electron chi connectivity index (χ1n) is 3.45. The summed E-state index contributed by atoms with van der Waals surface area (Å²) in [6.07, 6.45) is -1.83. The van der Waals surface area contributed by atoms with E-state index in [0.717, 1.165) is 0 Å². The minimum absolute atomic E-state index is 0.993. The highest BCUT2D eigenvalue weighted by atomic mass is 16.6. The molecule has 0 amide bonds. The highest BCUT2D eigenvalue weighted by molar-refractivity contribution is 6.16. The number of nitrogens with two attached hydrogens (primary N) is 1. The standard InChI is InChI=1S/C5H7NO6.CH2O3/c6-1-5(2(7)8,3(9)10)4(11)12;2-1(3)4/h1,6H2,(H,7,8)(H,9,10)(H,11,12);(H2,2,3,4). The molecule has 0 saturated heterocycles. The molecule has 0 spiro atoms. The molecule has 0 atom stereocenters. The smallest absolute Gasteiger partial charge is 0.480 e. The van der Waals surface area contributed by atoms with Gasteiger partial charge < -0.3 is 31.3 Å². The third-order valence-corrected chi connectivity index (χ3v) is 1.40. The second kappa shape index (κ2) is 6.19. The molecule has 0 rings (SSSR count). The van der Waals surface area contributed by atoms with E-state index in [1.54, 1.807) is 0 Å². The van der Waals surface area contributed by atoms with Crippen LogP contribution in [0, 0.1) is 5.41 Å². The topological polar surface area (TPSA) is 195 Å². The van der Waals surface area contributed by atoms with Gasteiger partial charge in [0, 0.05) is 6.54 Å². The van der Waals surface area contributed by atoms with Gasteiger partial charge in [0.2, 0.25) is 0 Å². The molecule has 0 aromatic carbocycles. The third-order valence-electron chi connectivity index (χ3n) is 1.40. The monoisotopic (exact) mass is 239 g/mol. The van der Waals surface area contributed by atoms with Crippen molar-refractivity contribution in [1.29, 1.82) is 0 Å². The second-order valence-electron chi connectivity index (χ2n) is 2.31. The molecule has 92 valence electrons. The molecule has 10 heteroatoms. The number of aliphatic carboxylic acids is 3. The summed E-state index contributed by atoms with van der Waals surface area (Å²) in [6, 6.07) is 0. The van der Waals surface area contributed by atoms with Gasteiger partial charge >= 0.3 is 24.1 Å². The number of hydrogen-bond donors (Lipinski definition) is 6. The first-order chi connectivity index (χ1) is 7.12. The van der Waals surface area contributed by atoms with Gasteiger partial charge in [0.15, 0.2) is 0 Å². The lowest BCUT2D eigenvalue weighted by Crippen LogP contribution is -2.51. The predicted octanol–water partition coefficient (Wildman–Crippen LogP) is -1.59. The van der Waals surface area contributed by atoms with Crippen LogP contribution in [0.5, 0.6) is 0 Å². The highest BCUT2D eigenvalue weighted by Gasteiger charge is 2.53. The van der Waals surface area contributed by atoms with Gasteiger partial charge in [0.1, 0.15) is 0 Å². The summed E-state index contributed by atoms with van der Waals surface area (Å²) in [4.78, 5) is 39.4. The molecule has 0 aliphatic rings. The first-order valence-corrected chi connectivity index (χ1v) is 3.45. The fourth-order valence-electron chi connectivity index (χ4n) is 0.536. The Labute approximate surface area is 87.5 Å². The molecular formula is C6H9NO9. The van der Waals surface area contributed by atoms with Gasteiger partial charge in [-0.1, -0.05) is 0 Å². The normalized spacial score (nSPS) is 9.56. The number of hydrogen-bond acceptors (Lipinski definition) is 5. The van der Waals surface area contributed by atoms with E-state index in [-0.39, 0.29) is 0 Å². The maximum absolute atomic E-state index is 10.3. The van der Waals surface area contributed by atoms with Crippen LogP contribution in [0.4, 0.5) is 4.79 Å². The Morgan fingerprint density at radius 2 is 1.00 bits per heavy atom. The van der Waals surface area contributed by atoms with Gasteiger partial charge in [-0.2, -0.15) is 0 Å². The van der Waals surface area contributed by atoms with E-state index >= 15 is 0 Å². The van der Waals surface area contributed by atoms with Gasteiger partial charge in [0.05, 0.1) is 0 Å². The van der Waals surface area contributed by atoms with Crippen molar-refractivity contribution in [3.63, 3.8) is 0 Å². The molecule has 0 bridgehead atoms. The van der Waals surface area contributed by atoms with E-state index in [0.29, 0.717) is 0 Å². The maximum atomic E-state index is 10.3. The summed E-state index contributed by atoms with van der Waals surface area (Å²) in [5.41, 5.74) is 1.84. The fraction of sp³-hybridized carbons (Fsp3) is 0.333. The van der Waals surface area contributed by atoms with Gasteiger partial charge in [0.25, 0.3) is 5.41 Å². The van der Waals surface area contributed by atoms with E-state index in [9.17, 15) is 14.4 Å². The van der Waals surface area contributed by atoms with Gasteiger partial charge in [-0.25, -0.2) is 4.79 Å². The van der Waals surface area contributed by atoms with Crippen molar-refractivity contribution in [2.24, 2.45) is 11.1 Å². The van der Waals surface area contributed by atoms with E-state index in [1.807, 2.05) is 0 Å². The number of carboxylic acids is 3. The summed E-state index contributed by atoms with van der Waals surface area (Å²) in [7, 11) is 0. The van der Waals surface area contributed by atoms with Gasteiger partial charge in [-0.3, -0.25) is 14.4 Å². The predicted molar refractivity (Wildman–Crippen MR) is 45.0 cm³/mol. The minimum atomic E-state index is -2.93. The average Bonchev–Trinajstić information content (AvgIpc) is 2.02. The van der Waals surface area contributed by atoms with E-state index in [1.165, 1.54) is 0 Å². The van der Waals surface area contributed by atoms with Crippen molar-refractivity contribution < 1.29 is 44.7 Å². The third kappa shape index (κ3) is 3.79. The number of rotatable bonds is 4. The summed E-state index contributed by atoms with van der Waals surface area (Å²) in [5, 5.41) is 38.9. The van der Waals surface area contributed by atoms with Crippen molar-refractivity contribution in [3.05, 3.63) is 0 Å². The highest BCUT2D eigenvalue weighted by Crippen LogP contribution is 2.16. The summed E-state index contributed by atoms with van der Waals surface area (Å²) >= 11 is 0. The lowest BCUT2D eigenvalue weighted by atomic mass is 9.89.